The zero-order chi connectivity index (χ0) is 14.9. The van der Waals surface area contributed by atoms with Gasteiger partial charge in [-0.25, -0.2) is 18.6 Å². The molecule has 2 rings (SSSR count). The Bertz CT molecular complexity index is 653. The highest BCUT2D eigenvalue weighted by Gasteiger charge is 2.20. The van der Waals surface area contributed by atoms with Crippen LogP contribution in [0.4, 0.5) is 8.78 Å². The Kier molecular flexibility index (Phi) is 4.13. The summed E-state index contributed by atoms with van der Waals surface area (Å²) in [6.07, 6.45) is 0.481. The van der Waals surface area contributed by atoms with Crippen LogP contribution >= 0.6 is 11.3 Å². The molecule has 0 saturated heterocycles. The van der Waals surface area contributed by atoms with E-state index in [-0.39, 0.29) is 21.4 Å². The van der Waals surface area contributed by atoms with Crippen LogP contribution in [0.3, 0.4) is 0 Å². The summed E-state index contributed by atoms with van der Waals surface area (Å²) >= 11 is 0.868. The van der Waals surface area contributed by atoms with Crippen molar-refractivity contribution in [2.45, 2.75) is 20.3 Å². The molecule has 0 aliphatic rings. The number of aromatic carboxylic acids is 1. The van der Waals surface area contributed by atoms with Gasteiger partial charge in [0.1, 0.15) is 21.5 Å². The monoisotopic (exact) mass is 297 g/mol. The van der Waals surface area contributed by atoms with Crippen LogP contribution in [0.5, 0.6) is 0 Å². The molecular formula is C14H13F2NO2S. The zero-order valence-electron chi connectivity index (χ0n) is 11.0. The van der Waals surface area contributed by atoms with Crippen LogP contribution in [0.25, 0.3) is 10.6 Å². The molecule has 1 aromatic carbocycles. The lowest BCUT2D eigenvalue weighted by Gasteiger charge is -2.01. The van der Waals surface area contributed by atoms with Gasteiger partial charge in [-0.15, -0.1) is 11.3 Å². The third-order valence-electron chi connectivity index (χ3n) is 2.65. The molecule has 0 radical (unpaired) electrons. The Balaban J connectivity index is 2.52. The lowest BCUT2D eigenvalue weighted by Crippen LogP contribution is -2.02. The Morgan fingerprint density at radius 2 is 2.10 bits per heavy atom. The number of halogens is 2. The molecule has 1 heterocycles. The minimum Gasteiger partial charge on any atom is -0.477 e. The summed E-state index contributed by atoms with van der Waals surface area (Å²) in [5.74, 6) is -2.08. The topological polar surface area (TPSA) is 50.2 Å². The second-order valence-electron chi connectivity index (χ2n) is 4.82. The van der Waals surface area contributed by atoms with E-state index in [0.717, 1.165) is 29.5 Å². The summed E-state index contributed by atoms with van der Waals surface area (Å²) in [5, 5.41) is 9.36. The van der Waals surface area contributed by atoms with Crippen LogP contribution in [0.1, 0.15) is 29.2 Å². The van der Waals surface area contributed by atoms with E-state index in [1.165, 1.54) is 0 Å². The highest BCUT2D eigenvalue weighted by atomic mass is 32.1. The number of aromatic nitrogens is 1. The van der Waals surface area contributed by atoms with Gasteiger partial charge in [0.25, 0.3) is 0 Å². The van der Waals surface area contributed by atoms with Gasteiger partial charge in [0.2, 0.25) is 0 Å². The van der Waals surface area contributed by atoms with Gasteiger partial charge in [-0.2, -0.15) is 0 Å². The van der Waals surface area contributed by atoms with Crippen molar-refractivity contribution in [3.05, 3.63) is 40.4 Å². The SMILES string of the molecule is CC(C)Cc1nc(-c2cc(F)ccc2F)sc1C(=O)O. The molecule has 106 valence electrons. The third kappa shape index (κ3) is 3.01. The normalized spacial score (nSPS) is 11.1. The molecule has 0 atom stereocenters. The number of thiazole rings is 1. The highest BCUT2D eigenvalue weighted by molar-refractivity contribution is 7.17. The predicted octanol–water partition coefficient (Wildman–Crippen LogP) is 3.99. The van der Waals surface area contributed by atoms with E-state index < -0.39 is 17.6 Å². The van der Waals surface area contributed by atoms with Gasteiger partial charge in [0, 0.05) is 5.56 Å². The maximum absolute atomic E-state index is 13.7. The van der Waals surface area contributed by atoms with E-state index in [0.29, 0.717) is 12.1 Å². The first kappa shape index (κ1) is 14.6. The molecule has 6 heteroatoms. The molecule has 3 nitrogen and oxygen atoms in total. The quantitative estimate of drug-likeness (QED) is 0.928. The molecule has 0 fully saturated rings. The van der Waals surface area contributed by atoms with E-state index >= 15 is 0 Å². The average Bonchev–Trinajstić information content (AvgIpc) is 2.75. The van der Waals surface area contributed by atoms with Gasteiger partial charge >= 0.3 is 5.97 Å². The van der Waals surface area contributed by atoms with Crippen LogP contribution in [0, 0.1) is 17.6 Å². The van der Waals surface area contributed by atoms with Crippen LogP contribution in [0.15, 0.2) is 18.2 Å². The maximum atomic E-state index is 13.7. The molecule has 0 bridgehead atoms. The van der Waals surface area contributed by atoms with Crippen molar-refractivity contribution in [2.24, 2.45) is 5.92 Å². The zero-order valence-corrected chi connectivity index (χ0v) is 11.8. The van der Waals surface area contributed by atoms with Crippen molar-refractivity contribution < 1.29 is 18.7 Å². The summed E-state index contributed by atoms with van der Waals surface area (Å²) in [7, 11) is 0. The number of carbonyl (C=O) groups is 1. The van der Waals surface area contributed by atoms with Crippen LogP contribution in [0.2, 0.25) is 0 Å². The lowest BCUT2D eigenvalue weighted by molar-refractivity contribution is 0.0700. The summed E-state index contributed by atoms with van der Waals surface area (Å²) in [6.45, 7) is 3.88. The molecule has 2 aromatic rings. The molecule has 0 spiro atoms. The number of rotatable bonds is 4. The van der Waals surface area contributed by atoms with Crippen LogP contribution in [-0.2, 0) is 6.42 Å². The Morgan fingerprint density at radius 1 is 1.40 bits per heavy atom. The fraction of sp³-hybridized carbons (Fsp3) is 0.286. The smallest absolute Gasteiger partial charge is 0.347 e. The van der Waals surface area contributed by atoms with Crippen molar-refractivity contribution >= 4 is 17.3 Å². The first-order chi connectivity index (χ1) is 9.38. The average molecular weight is 297 g/mol. The molecule has 0 aliphatic carbocycles. The fourth-order valence-corrected chi connectivity index (χ4v) is 2.77. The number of carboxylic acids is 1. The summed E-state index contributed by atoms with van der Waals surface area (Å²) in [6, 6.07) is 3.05. The molecule has 0 aliphatic heterocycles. The van der Waals surface area contributed by atoms with Gasteiger partial charge < -0.3 is 5.11 Å². The van der Waals surface area contributed by atoms with Crippen LogP contribution in [-0.4, -0.2) is 16.1 Å². The van der Waals surface area contributed by atoms with Crippen molar-refractivity contribution in [1.29, 1.82) is 0 Å². The maximum Gasteiger partial charge on any atom is 0.347 e. The lowest BCUT2D eigenvalue weighted by atomic mass is 10.1. The summed E-state index contributed by atoms with van der Waals surface area (Å²) in [5.41, 5.74) is 0.406. The number of nitrogens with zero attached hydrogens (tertiary/aromatic N) is 1. The van der Waals surface area contributed by atoms with E-state index in [4.69, 9.17) is 5.11 Å². The fourth-order valence-electron chi connectivity index (χ4n) is 1.82. The number of hydrogen-bond donors (Lipinski definition) is 1. The predicted molar refractivity (Wildman–Crippen MR) is 73.0 cm³/mol. The molecule has 0 amide bonds. The minimum absolute atomic E-state index is 0.00694. The minimum atomic E-state index is -1.10. The number of benzene rings is 1. The molecule has 0 saturated carbocycles. The molecule has 1 aromatic heterocycles. The molecule has 0 unspecified atom stereocenters. The number of hydrogen-bond acceptors (Lipinski definition) is 3. The second kappa shape index (κ2) is 5.66. The van der Waals surface area contributed by atoms with Gasteiger partial charge in [-0.3, -0.25) is 0 Å². The van der Waals surface area contributed by atoms with Crippen molar-refractivity contribution in [1.82, 2.24) is 4.98 Å². The van der Waals surface area contributed by atoms with Crippen molar-refractivity contribution in [3.8, 4) is 10.6 Å². The number of carboxylic acid groups (broad SMARTS) is 1. The standard InChI is InChI=1S/C14H13F2NO2S/c1-7(2)5-11-12(14(18)19)20-13(17-11)9-6-8(15)3-4-10(9)16/h3-4,6-7H,5H2,1-2H3,(H,18,19). The van der Waals surface area contributed by atoms with Gasteiger partial charge in [0.15, 0.2) is 0 Å². The Morgan fingerprint density at radius 3 is 2.70 bits per heavy atom. The van der Waals surface area contributed by atoms with E-state index in [1.807, 2.05) is 13.8 Å². The third-order valence-corrected chi connectivity index (χ3v) is 3.77. The largest absolute Gasteiger partial charge is 0.477 e. The first-order valence-corrected chi connectivity index (χ1v) is 6.88. The molecule has 20 heavy (non-hydrogen) atoms. The summed E-state index contributed by atoms with van der Waals surface area (Å²) < 4.78 is 26.9. The first-order valence-electron chi connectivity index (χ1n) is 6.07. The van der Waals surface area contributed by atoms with Crippen LogP contribution < -0.4 is 0 Å². The van der Waals surface area contributed by atoms with E-state index in [9.17, 15) is 13.6 Å². The molecule has 1 N–H and O–H groups in total. The van der Waals surface area contributed by atoms with E-state index in [2.05, 4.69) is 4.98 Å². The Labute approximate surface area is 118 Å². The summed E-state index contributed by atoms with van der Waals surface area (Å²) in [4.78, 5) is 15.5. The van der Waals surface area contributed by atoms with Gasteiger partial charge in [0.05, 0.1) is 5.69 Å². The molecular weight excluding hydrogens is 284 g/mol. The van der Waals surface area contributed by atoms with E-state index in [1.54, 1.807) is 0 Å². The second-order valence-corrected chi connectivity index (χ2v) is 5.82. The van der Waals surface area contributed by atoms with Gasteiger partial charge in [-0.05, 0) is 30.5 Å². The highest BCUT2D eigenvalue weighted by Crippen LogP contribution is 2.31. The Hall–Kier alpha value is -1.82. The van der Waals surface area contributed by atoms with Gasteiger partial charge in [-0.1, -0.05) is 13.8 Å². The van der Waals surface area contributed by atoms with Crippen molar-refractivity contribution in [2.75, 3.05) is 0 Å². The van der Waals surface area contributed by atoms with Crippen molar-refractivity contribution in [3.63, 3.8) is 0 Å².